The standard InChI is InChI=1S/C20H32O6S/c1-4-6-7-9-18(20(21)22)17-11-10-16(15-19(17)25-3)26-12-8-14-27(23,24)13-5-2/h10-11,15,18H,4-9,12-14H2,1-3H3,(H,21,22). The van der Waals surface area contributed by atoms with Crippen molar-refractivity contribution < 1.29 is 27.8 Å². The molecule has 0 amide bonds. The minimum atomic E-state index is -3.01. The van der Waals surface area contributed by atoms with Crippen molar-refractivity contribution in [1.29, 1.82) is 0 Å². The van der Waals surface area contributed by atoms with E-state index in [9.17, 15) is 18.3 Å². The highest BCUT2D eigenvalue weighted by atomic mass is 32.2. The normalized spacial score (nSPS) is 12.6. The van der Waals surface area contributed by atoms with E-state index in [-0.39, 0.29) is 18.1 Å². The van der Waals surface area contributed by atoms with Crippen LogP contribution in [0.4, 0.5) is 0 Å². The van der Waals surface area contributed by atoms with E-state index in [4.69, 9.17) is 9.47 Å². The third kappa shape index (κ3) is 8.20. The molecule has 27 heavy (non-hydrogen) atoms. The molecule has 1 unspecified atom stereocenters. The summed E-state index contributed by atoms with van der Waals surface area (Å²) in [5.41, 5.74) is 0.638. The summed E-state index contributed by atoms with van der Waals surface area (Å²) < 4.78 is 34.4. The first-order chi connectivity index (χ1) is 12.8. The zero-order valence-electron chi connectivity index (χ0n) is 16.6. The van der Waals surface area contributed by atoms with Crippen molar-refractivity contribution in [2.24, 2.45) is 0 Å². The minimum absolute atomic E-state index is 0.106. The third-order valence-corrected chi connectivity index (χ3v) is 6.30. The van der Waals surface area contributed by atoms with Crippen LogP contribution in [0.2, 0.25) is 0 Å². The fourth-order valence-corrected chi connectivity index (χ4v) is 4.35. The number of carboxylic acid groups (broad SMARTS) is 1. The maximum Gasteiger partial charge on any atom is 0.311 e. The van der Waals surface area contributed by atoms with Crippen molar-refractivity contribution >= 4 is 15.8 Å². The van der Waals surface area contributed by atoms with E-state index in [1.807, 2.05) is 6.92 Å². The van der Waals surface area contributed by atoms with Crippen LogP contribution < -0.4 is 9.47 Å². The lowest BCUT2D eigenvalue weighted by Gasteiger charge is -2.17. The van der Waals surface area contributed by atoms with Gasteiger partial charge in [0.25, 0.3) is 0 Å². The van der Waals surface area contributed by atoms with Crippen molar-refractivity contribution in [3.63, 3.8) is 0 Å². The van der Waals surface area contributed by atoms with Gasteiger partial charge in [0, 0.05) is 17.4 Å². The van der Waals surface area contributed by atoms with Gasteiger partial charge in [0.05, 0.1) is 25.4 Å². The number of rotatable bonds is 14. The summed E-state index contributed by atoms with van der Waals surface area (Å²) in [6.07, 6.45) is 4.47. The summed E-state index contributed by atoms with van der Waals surface area (Å²) in [6, 6.07) is 5.12. The quantitative estimate of drug-likeness (QED) is 0.474. The van der Waals surface area contributed by atoms with Gasteiger partial charge in [-0.2, -0.15) is 0 Å². The molecule has 7 heteroatoms. The molecule has 0 radical (unpaired) electrons. The molecule has 0 heterocycles. The number of ether oxygens (including phenoxy) is 2. The van der Waals surface area contributed by atoms with Gasteiger partial charge >= 0.3 is 5.97 Å². The van der Waals surface area contributed by atoms with Crippen LogP contribution in [0, 0.1) is 0 Å². The molecule has 0 aliphatic heterocycles. The molecule has 154 valence electrons. The van der Waals surface area contributed by atoms with E-state index in [0.717, 1.165) is 19.3 Å². The second kappa shape index (κ2) is 11.8. The van der Waals surface area contributed by atoms with Crippen molar-refractivity contribution in [3.8, 4) is 11.5 Å². The van der Waals surface area contributed by atoms with Gasteiger partial charge in [-0.1, -0.05) is 39.2 Å². The number of aliphatic carboxylic acids is 1. The Morgan fingerprint density at radius 3 is 2.44 bits per heavy atom. The van der Waals surface area contributed by atoms with Crippen LogP contribution in [0.25, 0.3) is 0 Å². The van der Waals surface area contributed by atoms with E-state index in [1.165, 1.54) is 7.11 Å². The molecule has 0 bridgehead atoms. The first kappa shape index (κ1) is 23.3. The summed E-state index contributed by atoms with van der Waals surface area (Å²) >= 11 is 0. The summed E-state index contributed by atoms with van der Waals surface area (Å²) in [4.78, 5) is 11.7. The second-order valence-corrected chi connectivity index (χ2v) is 8.95. The van der Waals surface area contributed by atoms with Gasteiger partial charge in [0.2, 0.25) is 0 Å². The average Bonchev–Trinajstić information content (AvgIpc) is 2.62. The van der Waals surface area contributed by atoms with Crippen LogP contribution in [0.15, 0.2) is 18.2 Å². The molecule has 0 saturated carbocycles. The largest absolute Gasteiger partial charge is 0.496 e. The highest BCUT2D eigenvalue weighted by molar-refractivity contribution is 7.91. The van der Waals surface area contributed by atoms with Crippen molar-refractivity contribution in [2.75, 3.05) is 25.2 Å². The Hall–Kier alpha value is -1.76. The molecule has 0 aliphatic carbocycles. The maximum atomic E-state index is 11.7. The Balaban J connectivity index is 2.74. The van der Waals surface area contributed by atoms with Crippen LogP contribution in [-0.2, 0) is 14.6 Å². The Morgan fingerprint density at radius 1 is 1.11 bits per heavy atom. The van der Waals surface area contributed by atoms with Gasteiger partial charge < -0.3 is 14.6 Å². The molecule has 0 spiro atoms. The number of benzene rings is 1. The lowest BCUT2D eigenvalue weighted by molar-refractivity contribution is -0.139. The molecule has 1 aromatic carbocycles. The number of hydrogen-bond acceptors (Lipinski definition) is 5. The van der Waals surface area contributed by atoms with Gasteiger partial charge in [-0.3, -0.25) is 4.79 Å². The fraction of sp³-hybridized carbons (Fsp3) is 0.650. The summed E-state index contributed by atoms with van der Waals surface area (Å²) in [7, 11) is -1.50. The molecule has 1 N–H and O–H groups in total. The van der Waals surface area contributed by atoms with Crippen LogP contribution in [-0.4, -0.2) is 44.7 Å². The molecular weight excluding hydrogens is 368 g/mol. The topological polar surface area (TPSA) is 89.9 Å². The first-order valence-corrected chi connectivity index (χ1v) is 11.4. The number of hydrogen-bond donors (Lipinski definition) is 1. The Bertz CT molecular complexity index is 684. The monoisotopic (exact) mass is 400 g/mol. The lowest BCUT2D eigenvalue weighted by atomic mass is 9.92. The Labute approximate surface area is 162 Å². The molecule has 0 aliphatic rings. The zero-order valence-corrected chi connectivity index (χ0v) is 17.4. The van der Waals surface area contributed by atoms with E-state index >= 15 is 0 Å². The average molecular weight is 401 g/mol. The lowest BCUT2D eigenvalue weighted by Crippen LogP contribution is -2.14. The van der Waals surface area contributed by atoms with E-state index in [0.29, 0.717) is 36.3 Å². The molecule has 0 aromatic heterocycles. The molecule has 0 fully saturated rings. The first-order valence-electron chi connectivity index (χ1n) is 9.58. The predicted octanol–water partition coefficient (Wildman–Crippen LogP) is 4.04. The van der Waals surface area contributed by atoms with Crippen LogP contribution >= 0.6 is 0 Å². The fourth-order valence-electron chi connectivity index (χ4n) is 2.96. The summed E-state index contributed by atoms with van der Waals surface area (Å²) in [5.74, 6) is -0.145. The van der Waals surface area contributed by atoms with Gasteiger partial charge in [0.1, 0.15) is 21.3 Å². The molecule has 1 aromatic rings. The summed E-state index contributed by atoms with van der Waals surface area (Å²) in [6.45, 7) is 4.20. The van der Waals surface area contributed by atoms with E-state index in [2.05, 4.69) is 6.92 Å². The molecule has 6 nitrogen and oxygen atoms in total. The van der Waals surface area contributed by atoms with Gasteiger partial charge in [0.15, 0.2) is 0 Å². The number of carboxylic acids is 1. The smallest absolute Gasteiger partial charge is 0.311 e. The van der Waals surface area contributed by atoms with Crippen LogP contribution in [0.5, 0.6) is 11.5 Å². The number of unbranched alkanes of at least 4 members (excludes halogenated alkanes) is 2. The van der Waals surface area contributed by atoms with Gasteiger partial charge in [-0.15, -0.1) is 0 Å². The summed E-state index contributed by atoms with van der Waals surface area (Å²) in [5, 5.41) is 9.56. The number of sulfone groups is 1. The van der Waals surface area contributed by atoms with Crippen molar-refractivity contribution in [1.82, 2.24) is 0 Å². The number of carbonyl (C=O) groups is 1. The molecule has 0 saturated heterocycles. The minimum Gasteiger partial charge on any atom is -0.496 e. The van der Waals surface area contributed by atoms with Crippen LogP contribution in [0.3, 0.4) is 0 Å². The highest BCUT2D eigenvalue weighted by Crippen LogP contribution is 2.33. The molecule has 1 atom stereocenters. The van der Waals surface area contributed by atoms with Gasteiger partial charge in [-0.05, 0) is 25.3 Å². The van der Waals surface area contributed by atoms with E-state index < -0.39 is 21.7 Å². The van der Waals surface area contributed by atoms with E-state index in [1.54, 1.807) is 18.2 Å². The Morgan fingerprint density at radius 2 is 1.85 bits per heavy atom. The maximum absolute atomic E-state index is 11.7. The predicted molar refractivity (Wildman–Crippen MR) is 107 cm³/mol. The second-order valence-electron chi connectivity index (χ2n) is 6.64. The molecule has 1 rings (SSSR count). The van der Waals surface area contributed by atoms with Crippen molar-refractivity contribution in [3.05, 3.63) is 23.8 Å². The van der Waals surface area contributed by atoms with Crippen LogP contribution in [0.1, 0.15) is 63.9 Å². The highest BCUT2D eigenvalue weighted by Gasteiger charge is 2.23. The van der Waals surface area contributed by atoms with Crippen molar-refractivity contribution in [2.45, 2.75) is 58.3 Å². The number of methoxy groups -OCH3 is 1. The molecular formula is C20H32O6S. The van der Waals surface area contributed by atoms with Gasteiger partial charge in [-0.25, -0.2) is 8.42 Å². The zero-order chi connectivity index (χ0) is 20.3. The third-order valence-electron chi connectivity index (χ3n) is 4.36. The SMILES string of the molecule is CCCCCC(C(=O)O)c1ccc(OCCCS(=O)(=O)CCC)cc1OC. The Kier molecular flexibility index (Phi) is 10.2.